The first-order valence-corrected chi connectivity index (χ1v) is 7.57. The quantitative estimate of drug-likeness (QED) is 0.745. The van der Waals surface area contributed by atoms with Crippen LogP contribution in [-0.4, -0.2) is 25.2 Å². The van der Waals surface area contributed by atoms with Crippen molar-refractivity contribution >= 4 is 11.6 Å². The zero-order valence-electron chi connectivity index (χ0n) is 13.0. The molecule has 0 aliphatic carbocycles. The van der Waals surface area contributed by atoms with Crippen molar-refractivity contribution in [3.05, 3.63) is 77.2 Å². The number of hydrogen-bond acceptors (Lipinski definition) is 4. The lowest BCUT2D eigenvalue weighted by Gasteiger charge is -2.08. The Hall–Kier alpha value is -3.22. The third kappa shape index (κ3) is 4.16. The van der Waals surface area contributed by atoms with Crippen LogP contribution in [0.2, 0.25) is 0 Å². The number of aromatic nitrogens is 4. The molecule has 1 aromatic carbocycles. The summed E-state index contributed by atoms with van der Waals surface area (Å²) in [6, 6.07) is 12.5. The number of carbonyl (C=O) groups excluding carboxylic acids is 1. The molecule has 2 aromatic heterocycles. The summed E-state index contributed by atoms with van der Waals surface area (Å²) in [4.78, 5) is 27.5. The molecule has 0 unspecified atom stereocenters. The van der Waals surface area contributed by atoms with Gasteiger partial charge in [0, 0.05) is 30.9 Å². The number of nitrogens with one attached hydrogen (secondary N) is 1. The van der Waals surface area contributed by atoms with Gasteiger partial charge >= 0.3 is 0 Å². The monoisotopic (exact) mass is 323 g/mol. The molecule has 0 saturated heterocycles. The molecule has 0 bridgehead atoms. The first-order valence-electron chi connectivity index (χ1n) is 7.57. The highest BCUT2D eigenvalue weighted by atomic mass is 16.1. The zero-order chi connectivity index (χ0) is 16.8. The molecular weight excluding hydrogens is 306 g/mol. The number of hydrogen-bond donors (Lipinski definition) is 1. The number of carbonyl (C=O) groups is 1. The molecule has 0 aliphatic rings. The maximum Gasteiger partial charge on any atom is 0.250 e. The Morgan fingerprint density at radius 1 is 1.12 bits per heavy atom. The lowest BCUT2D eigenvalue weighted by Crippen LogP contribution is -2.21. The Labute approximate surface area is 138 Å². The number of aryl methyl sites for hydroxylation is 1. The molecule has 0 atom stereocenters. The van der Waals surface area contributed by atoms with Crippen LogP contribution in [0.5, 0.6) is 0 Å². The third-order valence-electron chi connectivity index (χ3n) is 3.53. The summed E-state index contributed by atoms with van der Waals surface area (Å²) >= 11 is 0. The van der Waals surface area contributed by atoms with Crippen LogP contribution >= 0.6 is 0 Å². The van der Waals surface area contributed by atoms with Gasteiger partial charge in [0.15, 0.2) is 0 Å². The van der Waals surface area contributed by atoms with Gasteiger partial charge < -0.3 is 9.88 Å². The molecule has 0 fully saturated rings. The molecule has 0 spiro atoms. The van der Waals surface area contributed by atoms with E-state index in [1.807, 2.05) is 24.3 Å². The maximum atomic E-state index is 12.0. The lowest BCUT2D eigenvalue weighted by molar-refractivity contribution is -0.116. The molecule has 7 heteroatoms. The van der Waals surface area contributed by atoms with Gasteiger partial charge in [-0.05, 0) is 23.8 Å². The van der Waals surface area contributed by atoms with Crippen LogP contribution in [0.4, 0.5) is 5.69 Å². The molecule has 3 rings (SSSR count). The second-order valence-corrected chi connectivity index (χ2v) is 5.32. The molecule has 1 N–H and O–H groups in total. The Kier molecular flexibility index (Phi) is 4.81. The van der Waals surface area contributed by atoms with E-state index in [2.05, 4.69) is 15.4 Å². The second kappa shape index (κ2) is 7.36. The number of nitrogens with zero attached hydrogens (tertiary/aromatic N) is 4. The summed E-state index contributed by atoms with van der Waals surface area (Å²) in [5, 5.41) is 6.88. The molecule has 3 aromatic rings. The van der Waals surface area contributed by atoms with Crippen molar-refractivity contribution in [3.8, 4) is 0 Å². The highest BCUT2D eigenvalue weighted by Crippen LogP contribution is 2.11. The molecule has 0 aliphatic heterocycles. The van der Waals surface area contributed by atoms with Gasteiger partial charge in [0.05, 0.1) is 6.54 Å². The van der Waals surface area contributed by atoms with E-state index in [-0.39, 0.29) is 17.9 Å². The molecular formula is C17H17N5O2. The van der Waals surface area contributed by atoms with Crippen molar-refractivity contribution in [3.63, 3.8) is 0 Å². The van der Waals surface area contributed by atoms with Crippen LogP contribution in [0.3, 0.4) is 0 Å². The fourth-order valence-corrected chi connectivity index (χ4v) is 2.29. The van der Waals surface area contributed by atoms with Crippen LogP contribution in [-0.2, 0) is 17.9 Å². The van der Waals surface area contributed by atoms with E-state index in [1.165, 1.54) is 17.0 Å². The van der Waals surface area contributed by atoms with Gasteiger partial charge in [-0.2, -0.15) is 5.10 Å². The zero-order valence-corrected chi connectivity index (χ0v) is 13.0. The normalized spacial score (nSPS) is 10.5. The number of anilines is 1. The van der Waals surface area contributed by atoms with E-state index in [0.717, 1.165) is 11.3 Å². The summed E-state index contributed by atoms with van der Waals surface area (Å²) < 4.78 is 3.24. The lowest BCUT2D eigenvalue weighted by atomic mass is 10.2. The minimum absolute atomic E-state index is 0.109. The highest BCUT2D eigenvalue weighted by molar-refractivity contribution is 5.90. The predicted molar refractivity (Wildman–Crippen MR) is 89.5 cm³/mol. The maximum absolute atomic E-state index is 12.0. The average molecular weight is 323 g/mol. The number of rotatable bonds is 6. The first kappa shape index (κ1) is 15.7. The van der Waals surface area contributed by atoms with E-state index in [1.54, 1.807) is 29.3 Å². The van der Waals surface area contributed by atoms with Gasteiger partial charge in [-0.15, -0.1) is 0 Å². The highest BCUT2D eigenvalue weighted by Gasteiger charge is 2.04. The molecule has 0 saturated carbocycles. The SMILES string of the molecule is O=C(CCn1ccccc1=O)Nc1ccc(Cn2cncn2)cc1. The van der Waals surface area contributed by atoms with E-state index in [4.69, 9.17) is 0 Å². The second-order valence-electron chi connectivity index (χ2n) is 5.32. The topological polar surface area (TPSA) is 81.8 Å². The van der Waals surface area contributed by atoms with Gasteiger partial charge in [-0.25, -0.2) is 9.67 Å². The van der Waals surface area contributed by atoms with Crippen LogP contribution < -0.4 is 10.9 Å². The van der Waals surface area contributed by atoms with Gasteiger partial charge in [0.1, 0.15) is 12.7 Å². The minimum atomic E-state index is -0.130. The average Bonchev–Trinajstić information content (AvgIpc) is 3.09. The Morgan fingerprint density at radius 2 is 1.96 bits per heavy atom. The smallest absolute Gasteiger partial charge is 0.250 e. The summed E-state index contributed by atoms with van der Waals surface area (Å²) in [5.74, 6) is -0.130. The van der Waals surface area contributed by atoms with Crippen LogP contribution in [0, 0.1) is 0 Å². The predicted octanol–water partition coefficient (Wildman–Crippen LogP) is 1.52. The summed E-state index contributed by atoms with van der Waals surface area (Å²) in [5.41, 5.74) is 1.68. The fourth-order valence-electron chi connectivity index (χ4n) is 2.29. The van der Waals surface area contributed by atoms with Crippen LogP contribution in [0.1, 0.15) is 12.0 Å². The summed E-state index contributed by atoms with van der Waals surface area (Å²) in [6.07, 6.45) is 5.06. The Bertz CT molecular complexity index is 853. The van der Waals surface area contributed by atoms with Gasteiger partial charge in [-0.1, -0.05) is 18.2 Å². The van der Waals surface area contributed by atoms with Crippen molar-refractivity contribution in [2.75, 3.05) is 5.32 Å². The number of amides is 1. The van der Waals surface area contributed by atoms with Crippen molar-refractivity contribution in [2.24, 2.45) is 0 Å². The molecule has 1 amide bonds. The number of benzene rings is 1. The molecule has 122 valence electrons. The van der Waals surface area contributed by atoms with Crippen molar-refractivity contribution in [2.45, 2.75) is 19.5 Å². The molecule has 7 nitrogen and oxygen atoms in total. The van der Waals surface area contributed by atoms with Crippen molar-refractivity contribution < 1.29 is 4.79 Å². The fraction of sp³-hybridized carbons (Fsp3) is 0.176. The van der Waals surface area contributed by atoms with Gasteiger partial charge in [0.2, 0.25) is 5.91 Å². The first-order chi connectivity index (χ1) is 11.7. The Balaban J connectivity index is 1.53. The van der Waals surface area contributed by atoms with Crippen LogP contribution in [0.15, 0.2) is 66.1 Å². The van der Waals surface area contributed by atoms with E-state index >= 15 is 0 Å². The van der Waals surface area contributed by atoms with Crippen molar-refractivity contribution in [1.82, 2.24) is 19.3 Å². The summed E-state index contributed by atoms with van der Waals surface area (Å²) in [7, 11) is 0. The van der Waals surface area contributed by atoms with Gasteiger partial charge in [-0.3, -0.25) is 9.59 Å². The largest absolute Gasteiger partial charge is 0.326 e. The van der Waals surface area contributed by atoms with E-state index in [0.29, 0.717) is 13.1 Å². The molecule has 24 heavy (non-hydrogen) atoms. The van der Waals surface area contributed by atoms with Crippen LogP contribution in [0.25, 0.3) is 0 Å². The molecule has 2 heterocycles. The Morgan fingerprint density at radius 3 is 2.67 bits per heavy atom. The van der Waals surface area contributed by atoms with E-state index < -0.39 is 0 Å². The van der Waals surface area contributed by atoms with Crippen molar-refractivity contribution in [1.29, 1.82) is 0 Å². The van der Waals surface area contributed by atoms with Gasteiger partial charge in [0.25, 0.3) is 5.56 Å². The number of pyridine rings is 1. The summed E-state index contributed by atoms with van der Waals surface area (Å²) in [6.45, 7) is 0.987. The van der Waals surface area contributed by atoms with E-state index in [9.17, 15) is 9.59 Å². The third-order valence-corrected chi connectivity index (χ3v) is 3.53. The standard InChI is InChI=1S/C17H17N5O2/c23-16(8-10-21-9-2-1-3-17(21)24)20-15-6-4-14(5-7-15)11-22-13-18-12-19-22/h1-7,9,12-13H,8,10-11H2,(H,20,23). The minimum Gasteiger partial charge on any atom is -0.326 e. The molecule has 0 radical (unpaired) electrons.